The molecule has 2 N–H and O–H groups in total. The number of aryl methyl sites for hydroxylation is 1. The van der Waals surface area contributed by atoms with Gasteiger partial charge in [-0.25, -0.2) is 0 Å². The lowest BCUT2D eigenvalue weighted by Gasteiger charge is -2.20. The molecule has 0 heterocycles. The highest BCUT2D eigenvalue weighted by Crippen LogP contribution is 2.11. The molecule has 1 amide bonds. The molecule has 0 unspecified atom stereocenters. The molecule has 0 bridgehead atoms. The molecule has 5 heteroatoms. The largest absolute Gasteiger partial charge is 0.484 e. The maximum atomic E-state index is 11.7. The molecule has 0 aliphatic carbocycles. The average Bonchev–Trinajstić information content (AvgIpc) is 2.37. The molecule has 1 aromatic carbocycles. The van der Waals surface area contributed by atoms with Crippen LogP contribution in [0.3, 0.4) is 0 Å². The standard InChI is InChI=1S/C13H19NO4/c1-11-2-4-12(5-3-11)18-10-13(17)14(6-8-15)7-9-16/h2-5,15-16H,6-10H2,1H3. The lowest BCUT2D eigenvalue weighted by Crippen LogP contribution is -2.38. The smallest absolute Gasteiger partial charge is 0.260 e. The Hall–Kier alpha value is -1.59. The second kappa shape index (κ2) is 7.68. The Kier molecular flexibility index (Phi) is 6.18. The van der Waals surface area contributed by atoms with Gasteiger partial charge < -0.3 is 19.8 Å². The lowest BCUT2D eigenvalue weighted by molar-refractivity contribution is -0.134. The Morgan fingerprint density at radius 2 is 1.72 bits per heavy atom. The molecular weight excluding hydrogens is 234 g/mol. The maximum absolute atomic E-state index is 11.7. The lowest BCUT2D eigenvalue weighted by atomic mass is 10.2. The van der Waals surface area contributed by atoms with Gasteiger partial charge in [0.25, 0.3) is 5.91 Å². The Morgan fingerprint density at radius 3 is 2.22 bits per heavy atom. The Labute approximate surface area is 107 Å². The first-order valence-corrected chi connectivity index (χ1v) is 5.86. The van der Waals surface area contributed by atoms with Gasteiger partial charge in [0.05, 0.1) is 13.2 Å². The van der Waals surface area contributed by atoms with E-state index in [9.17, 15) is 4.79 Å². The molecule has 1 aromatic rings. The molecule has 0 atom stereocenters. The van der Waals surface area contributed by atoms with E-state index in [1.54, 1.807) is 12.1 Å². The van der Waals surface area contributed by atoms with Crippen molar-refractivity contribution >= 4 is 5.91 Å². The summed E-state index contributed by atoms with van der Waals surface area (Å²) in [4.78, 5) is 13.1. The number of nitrogens with zero attached hydrogens (tertiary/aromatic N) is 1. The van der Waals surface area contributed by atoms with Crippen LogP contribution in [0.25, 0.3) is 0 Å². The summed E-state index contributed by atoms with van der Waals surface area (Å²) >= 11 is 0. The van der Waals surface area contributed by atoms with Crippen LogP contribution in [0.1, 0.15) is 5.56 Å². The van der Waals surface area contributed by atoms with Gasteiger partial charge in [0.2, 0.25) is 0 Å². The van der Waals surface area contributed by atoms with Crippen LogP contribution < -0.4 is 4.74 Å². The Balaban J connectivity index is 2.45. The molecule has 0 spiro atoms. The molecule has 18 heavy (non-hydrogen) atoms. The summed E-state index contributed by atoms with van der Waals surface area (Å²) in [7, 11) is 0. The highest BCUT2D eigenvalue weighted by molar-refractivity contribution is 5.77. The van der Waals surface area contributed by atoms with Crippen molar-refractivity contribution in [1.29, 1.82) is 0 Å². The van der Waals surface area contributed by atoms with Crippen molar-refractivity contribution in [3.8, 4) is 5.75 Å². The van der Waals surface area contributed by atoms with E-state index in [0.717, 1.165) is 5.56 Å². The van der Waals surface area contributed by atoms with Crippen LogP contribution in [0, 0.1) is 6.92 Å². The number of hydrogen-bond acceptors (Lipinski definition) is 4. The zero-order valence-corrected chi connectivity index (χ0v) is 10.5. The summed E-state index contributed by atoms with van der Waals surface area (Å²) in [5.41, 5.74) is 1.12. The van der Waals surface area contributed by atoms with Crippen LogP contribution in [0.5, 0.6) is 5.75 Å². The number of carbonyl (C=O) groups excluding carboxylic acids is 1. The number of carbonyl (C=O) groups is 1. The van der Waals surface area contributed by atoms with Crippen molar-refractivity contribution in [2.24, 2.45) is 0 Å². The molecule has 1 rings (SSSR count). The molecule has 0 aliphatic heterocycles. The van der Waals surface area contributed by atoms with E-state index in [2.05, 4.69) is 0 Å². The maximum Gasteiger partial charge on any atom is 0.260 e. The number of aliphatic hydroxyl groups excluding tert-OH is 2. The van der Waals surface area contributed by atoms with E-state index in [1.165, 1.54) is 4.90 Å². The number of benzene rings is 1. The van der Waals surface area contributed by atoms with Crippen molar-refractivity contribution < 1.29 is 19.7 Å². The minimum Gasteiger partial charge on any atom is -0.484 e. The van der Waals surface area contributed by atoms with E-state index in [4.69, 9.17) is 14.9 Å². The monoisotopic (exact) mass is 253 g/mol. The van der Waals surface area contributed by atoms with Gasteiger partial charge in [-0.15, -0.1) is 0 Å². The van der Waals surface area contributed by atoms with Crippen LogP contribution in [-0.2, 0) is 4.79 Å². The number of hydrogen-bond donors (Lipinski definition) is 2. The zero-order chi connectivity index (χ0) is 13.4. The van der Waals surface area contributed by atoms with Crippen LogP contribution in [0.15, 0.2) is 24.3 Å². The quantitative estimate of drug-likeness (QED) is 0.727. The van der Waals surface area contributed by atoms with Gasteiger partial charge in [0.1, 0.15) is 5.75 Å². The van der Waals surface area contributed by atoms with Gasteiger partial charge in [0, 0.05) is 13.1 Å². The summed E-state index contributed by atoms with van der Waals surface area (Å²) < 4.78 is 5.34. The first-order chi connectivity index (χ1) is 8.67. The average molecular weight is 253 g/mol. The summed E-state index contributed by atoms with van der Waals surface area (Å²) in [6, 6.07) is 7.40. The van der Waals surface area contributed by atoms with Crippen LogP contribution in [0.4, 0.5) is 0 Å². The van der Waals surface area contributed by atoms with Gasteiger partial charge in [0.15, 0.2) is 6.61 Å². The van der Waals surface area contributed by atoms with Crippen molar-refractivity contribution in [3.63, 3.8) is 0 Å². The molecular formula is C13H19NO4. The third kappa shape index (κ3) is 4.73. The molecule has 0 radical (unpaired) electrons. The normalized spacial score (nSPS) is 10.2. The van der Waals surface area contributed by atoms with Crippen LogP contribution in [-0.4, -0.2) is 53.9 Å². The number of amides is 1. The second-order valence-corrected chi connectivity index (χ2v) is 3.93. The molecule has 0 saturated carbocycles. The van der Waals surface area contributed by atoms with E-state index in [-0.39, 0.29) is 38.8 Å². The SMILES string of the molecule is Cc1ccc(OCC(=O)N(CCO)CCO)cc1. The summed E-state index contributed by atoms with van der Waals surface area (Å²) in [5, 5.41) is 17.6. The van der Waals surface area contributed by atoms with Crippen LogP contribution >= 0.6 is 0 Å². The zero-order valence-electron chi connectivity index (χ0n) is 10.5. The molecule has 5 nitrogen and oxygen atoms in total. The van der Waals surface area contributed by atoms with E-state index < -0.39 is 0 Å². The Morgan fingerprint density at radius 1 is 1.17 bits per heavy atom. The second-order valence-electron chi connectivity index (χ2n) is 3.93. The minimum atomic E-state index is -0.251. The topological polar surface area (TPSA) is 70.0 Å². The number of aliphatic hydroxyl groups is 2. The number of rotatable bonds is 7. The van der Waals surface area contributed by atoms with E-state index in [1.807, 2.05) is 19.1 Å². The summed E-state index contributed by atoms with van der Waals surface area (Å²) in [6.45, 7) is 2.03. The first-order valence-electron chi connectivity index (χ1n) is 5.86. The molecule has 0 aliphatic rings. The van der Waals surface area contributed by atoms with E-state index >= 15 is 0 Å². The molecule has 100 valence electrons. The summed E-state index contributed by atoms with van der Waals surface area (Å²) in [6.07, 6.45) is 0. The van der Waals surface area contributed by atoms with Gasteiger partial charge in [-0.3, -0.25) is 4.79 Å². The van der Waals surface area contributed by atoms with Crippen molar-refractivity contribution in [1.82, 2.24) is 4.90 Å². The first kappa shape index (κ1) is 14.5. The Bertz CT molecular complexity index is 358. The van der Waals surface area contributed by atoms with Gasteiger partial charge >= 0.3 is 0 Å². The molecule has 0 fully saturated rings. The fourth-order valence-electron chi connectivity index (χ4n) is 1.47. The number of ether oxygens (including phenoxy) is 1. The predicted octanol–water partition coefficient (Wildman–Crippen LogP) is 0.187. The van der Waals surface area contributed by atoms with Crippen molar-refractivity contribution in [2.75, 3.05) is 32.9 Å². The predicted molar refractivity (Wildman–Crippen MR) is 67.4 cm³/mol. The highest BCUT2D eigenvalue weighted by atomic mass is 16.5. The van der Waals surface area contributed by atoms with Crippen molar-refractivity contribution in [3.05, 3.63) is 29.8 Å². The fourth-order valence-corrected chi connectivity index (χ4v) is 1.47. The van der Waals surface area contributed by atoms with Crippen LogP contribution in [0.2, 0.25) is 0 Å². The van der Waals surface area contributed by atoms with Crippen molar-refractivity contribution in [2.45, 2.75) is 6.92 Å². The van der Waals surface area contributed by atoms with Gasteiger partial charge in [-0.1, -0.05) is 17.7 Å². The molecule has 0 aromatic heterocycles. The fraction of sp³-hybridized carbons (Fsp3) is 0.462. The molecule has 0 saturated heterocycles. The minimum absolute atomic E-state index is 0.0942. The summed E-state index contributed by atoms with van der Waals surface area (Å²) in [5.74, 6) is 0.376. The van der Waals surface area contributed by atoms with Gasteiger partial charge in [-0.05, 0) is 19.1 Å². The third-order valence-electron chi connectivity index (χ3n) is 2.48. The highest BCUT2D eigenvalue weighted by Gasteiger charge is 2.12. The van der Waals surface area contributed by atoms with Gasteiger partial charge in [-0.2, -0.15) is 0 Å². The third-order valence-corrected chi connectivity index (χ3v) is 2.48. The van der Waals surface area contributed by atoms with E-state index in [0.29, 0.717) is 5.75 Å².